The van der Waals surface area contributed by atoms with Gasteiger partial charge >= 0.3 is 0 Å². The van der Waals surface area contributed by atoms with Crippen LogP contribution >= 0.6 is 0 Å². The highest BCUT2D eigenvalue weighted by atomic mass is 16.2. The van der Waals surface area contributed by atoms with E-state index in [1.54, 1.807) is 19.0 Å². The summed E-state index contributed by atoms with van der Waals surface area (Å²) in [6, 6.07) is 10.8. The molecule has 0 heterocycles. The Hall–Kier alpha value is -1.35. The molecule has 0 saturated carbocycles. The van der Waals surface area contributed by atoms with Gasteiger partial charge in [0.15, 0.2) is 0 Å². The standard InChI is InChI=1S/C15H24N2O/c1-13(2)17(12-15(18)16(3)4)11-10-14-8-6-5-7-9-14/h5-9,13H,10-12H2,1-4H3. The number of amides is 1. The van der Waals surface area contributed by atoms with Crippen LogP contribution < -0.4 is 0 Å². The smallest absolute Gasteiger partial charge is 0.236 e. The minimum atomic E-state index is 0.164. The molecule has 18 heavy (non-hydrogen) atoms. The maximum absolute atomic E-state index is 11.8. The Labute approximate surface area is 110 Å². The molecular formula is C15H24N2O. The van der Waals surface area contributed by atoms with Gasteiger partial charge in [-0.2, -0.15) is 0 Å². The van der Waals surface area contributed by atoms with Gasteiger partial charge in [0.25, 0.3) is 0 Å². The van der Waals surface area contributed by atoms with E-state index in [1.807, 2.05) is 6.07 Å². The van der Waals surface area contributed by atoms with E-state index in [-0.39, 0.29) is 5.91 Å². The summed E-state index contributed by atoms with van der Waals surface area (Å²) in [5.74, 6) is 0.164. The van der Waals surface area contributed by atoms with Crippen LogP contribution in [0.1, 0.15) is 19.4 Å². The van der Waals surface area contributed by atoms with Crippen LogP contribution in [0.5, 0.6) is 0 Å². The van der Waals surface area contributed by atoms with Crippen LogP contribution in [0, 0.1) is 0 Å². The Morgan fingerprint density at radius 1 is 1.17 bits per heavy atom. The molecule has 0 N–H and O–H groups in total. The first kappa shape index (κ1) is 14.7. The van der Waals surface area contributed by atoms with Crippen molar-refractivity contribution < 1.29 is 4.79 Å². The third-order valence-corrected chi connectivity index (χ3v) is 3.10. The molecule has 1 aromatic rings. The van der Waals surface area contributed by atoms with Crippen molar-refractivity contribution in [1.82, 2.24) is 9.80 Å². The average Bonchev–Trinajstić information content (AvgIpc) is 2.34. The highest BCUT2D eigenvalue weighted by molar-refractivity contribution is 5.77. The number of hydrogen-bond donors (Lipinski definition) is 0. The second-order valence-electron chi connectivity index (χ2n) is 5.09. The molecule has 3 nitrogen and oxygen atoms in total. The molecule has 0 spiro atoms. The van der Waals surface area contributed by atoms with E-state index in [9.17, 15) is 4.79 Å². The molecule has 0 fully saturated rings. The van der Waals surface area contributed by atoms with Gasteiger partial charge in [-0.05, 0) is 25.8 Å². The fraction of sp³-hybridized carbons (Fsp3) is 0.533. The number of likely N-dealkylation sites (N-methyl/N-ethyl adjacent to an activating group) is 1. The molecular weight excluding hydrogens is 224 g/mol. The van der Waals surface area contributed by atoms with Crippen molar-refractivity contribution >= 4 is 5.91 Å². The fourth-order valence-corrected chi connectivity index (χ4v) is 1.75. The summed E-state index contributed by atoms with van der Waals surface area (Å²) >= 11 is 0. The lowest BCUT2D eigenvalue weighted by Gasteiger charge is -2.27. The highest BCUT2D eigenvalue weighted by Crippen LogP contribution is 2.05. The van der Waals surface area contributed by atoms with Gasteiger partial charge in [-0.1, -0.05) is 30.3 Å². The van der Waals surface area contributed by atoms with Crippen molar-refractivity contribution in [1.29, 1.82) is 0 Å². The first-order valence-corrected chi connectivity index (χ1v) is 6.49. The van der Waals surface area contributed by atoms with Crippen LogP contribution in [0.15, 0.2) is 30.3 Å². The number of hydrogen-bond acceptors (Lipinski definition) is 2. The predicted octanol–water partition coefficient (Wildman–Crippen LogP) is 2.03. The van der Waals surface area contributed by atoms with Gasteiger partial charge in [-0.15, -0.1) is 0 Å². The summed E-state index contributed by atoms with van der Waals surface area (Å²) in [4.78, 5) is 15.6. The van der Waals surface area contributed by atoms with Crippen molar-refractivity contribution in [2.75, 3.05) is 27.2 Å². The molecule has 0 unspecified atom stereocenters. The largest absolute Gasteiger partial charge is 0.348 e. The Kier molecular flexibility index (Phi) is 5.86. The molecule has 0 radical (unpaired) electrons. The summed E-state index contributed by atoms with van der Waals surface area (Å²) in [6.07, 6.45) is 0.986. The Morgan fingerprint density at radius 2 is 1.78 bits per heavy atom. The third-order valence-electron chi connectivity index (χ3n) is 3.10. The second kappa shape index (κ2) is 7.17. The molecule has 0 aliphatic rings. The van der Waals surface area contributed by atoms with E-state index < -0.39 is 0 Å². The number of rotatable bonds is 6. The van der Waals surface area contributed by atoms with Crippen molar-refractivity contribution in [3.05, 3.63) is 35.9 Å². The molecule has 1 rings (SSSR count). The van der Waals surface area contributed by atoms with Crippen molar-refractivity contribution in [3.8, 4) is 0 Å². The van der Waals surface area contributed by atoms with Gasteiger partial charge in [0.05, 0.1) is 6.54 Å². The molecule has 0 aliphatic carbocycles. The lowest BCUT2D eigenvalue weighted by molar-refractivity contribution is -0.130. The third kappa shape index (κ3) is 4.88. The van der Waals surface area contributed by atoms with Crippen molar-refractivity contribution in [3.63, 3.8) is 0 Å². The van der Waals surface area contributed by atoms with E-state index in [1.165, 1.54) is 5.56 Å². The van der Waals surface area contributed by atoms with E-state index in [2.05, 4.69) is 43.0 Å². The number of carbonyl (C=O) groups is 1. The molecule has 0 saturated heterocycles. The maximum atomic E-state index is 11.8. The summed E-state index contributed by atoms with van der Waals surface area (Å²) in [6.45, 7) is 5.68. The minimum Gasteiger partial charge on any atom is -0.348 e. The number of carbonyl (C=O) groups excluding carboxylic acids is 1. The van der Waals surface area contributed by atoms with Crippen LogP contribution in [-0.2, 0) is 11.2 Å². The highest BCUT2D eigenvalue weighted by Gasteiger charge is 2.14. The van der Waals surface area contributed by atoms with Gasteiger partial charge in [0.2, 0.25) is 5.91 Å². The maximum Gasteiger partial charge on any atom is 0.236 e. The second-order valence-corrected chi connectivity index (χ2v) is 5.09. The van der Waals surface area contributed by atoms with Crippen LogP contribution in [0.4, 0.5) is 0 Å². The molecule has 1 aromatic carbocycles. The van der Waals surface area contributed by atoms with Crippen LogP contribution in [-0.4, -0.2) is 48.9 Å². The number of nitrogens with zero attached hydrogens (tertiary/aromatic N) is 2. The summed E-state index contributed by atoms with van der Waals surface area (Å²) in [5, 5.41) is 0. The van der Waals surface area contributed by atoms with Gasteiger partial charge in [-0.3, -0.25) is 9.69 Å². The normalized spacial score (nSPS) is 11.0. The monoisotopic (exact) mass is 248 g/mol. The van der Waals surface area contributed by atoms with Crippen molar-refractivity contribution in [2.45, 2.75) is 26.3 Å². The zero-order valence-corrected chi connectivity index (χ0v) is 11.9. The van der Waals surface area contributed by atoms with E-state index >= 15 is 0 Å². The Bertz CT molecular complexity index is 360. The zero-order chi connectivity index (χ0) is 13.5. The molecule has 1 amide bonds. The van der Waals surface area contributed by atoms with Gasteiger partial charge < -0.3 is 4.90 Å². The Balaban J connectivity index is 2.51. The van der Waals surface area contributed by atoms with Crippen LogP contribution in [0.2, 0.25) is 0 Å². The lowest BCUT2D eigenvalue weighted by Crippen LogP contribution is -2.41. The molecule has 3 heteroatoms. The van der Waals surface area contributed by atoms with E-state index in [0.717, 1.165) is 13.0 Å². The van der Waals surface area contributed by atoms with Crippen LogP contribution in [0.25, 0.3) is 0 Å². The molecule has 0 bridgehead atoms. The van der Waals surface area contributed by atoms with E-state index in [4.69, 9.17) is 0 Å². The predicted molar refractivity (Wildman–Crippen MR) is 75.5 cm³/mol. The molecule has 0 aliphatic heterocycles. The van der Waals surface area contributed by atoms with Gasteiger partial charge in [-0.25, -0.2) is 0 Å². The van der Waals surface area contributed by atoms with Crippen LogP contribution in [0.3, 0.4) is 0 Å². The SMILES string of the molecule is CC(C)N(CCc1ccccc1)CC(=O)N(C)C. The quantitative estimate of drug-likeness (QED) is 0.769. The first-order chi connectivity index (χ1) is 8.50. The molecule has 100 valence electrons. The summed E-state index contributed by atoms with van der Waals surface area (Å²) in [7, 11) is 3.61. The average molecular weight is 248 g/mol. The summed E-state index contributed by atoms with van der Waals surface area (Å²) < 4.78 is 0. The zero-order valence-electron chi connectivity index (χ0n) is 11.9. The fourth-order valence-electron chi connectivity index (χ4n) is 1.75. The number of benzene rings is 1. The molecule has 0 atom stereocenters. The molecule has 0 aromatic heterocycles. The van der Waals surface area contributed by atoms with Crippen molar-refractivity contribution in [2.24, 2.45) is 0 Å². The minimum absolute atomic E-state index is 0.164. The van der Waals surface area contributed by atoms with Gasteiger partial charge in [0, 0.05) is 26.7 Å². The van der Waals surface area contributed by atoms with Gasteiger partial charge in [0.1, 0.15) is 0 Å². The Morgan fingerprint density at radius 3 is 2.28 bits per heavy atom. The topological polar surface area (TPSA) is 23.6 Å². The van der Waals surface area contributed by atoms with E-state index in [0.29, 0.717) is 12.6 Å². The first-order valence-electron chi connectivity index (χ1n) is 6.49. The summed E-state index contributed by atoms with van der Waals surface area (Å²) in [5.41, 5.74) is 1.32. The lowest BCUT2D eigenvalue weighted by atomic mass is 10.1.